The summed E-state index contributed by atoms with van der Waals surface area (Å²) in [4.78, 5) is 12.2. The number of nitrogens with one attached hydrogen (secondary N) is 2. The van der Waals surface area contributed by atoms with Gasteiger partial charge in [-0.05, 0) is 61.8 Å². The van der Waals surface area contributed by atoms with Crippen molar-refractivity contribution < 1.29 is 18.0 Å². The number of halogens is 4. The summed E-state index contributed by atoms with van der Waals surface area (Å²) in [5.74, 6) is -0.0508. The number of hydrogen-bond acceptors (Lipinski definition) is 2. The monoisotopic (exact) mass is 382 g/mol. The molecule has 0 atom stereocenters. The van der Waals surface area contributed by atoms with Gasteiger partial charge in [-0.2, -0.15) is 13.2 Å². The Labute approximate surface area is 154 Å². The van der Waals surface area contributed by atoms with Gasteiger partial charge in [0, 0.05) is 22.2 Å². The summed E-state index contributed by atoms with van der Waals surface area (Å²) in [6, 6.07) is 9.88. The normalized spacial score (nSPS) is 15.7. The van der Waals surface area contributed by atoms with E-state index in [4.69, 9.17) is 11.6 Å². The average Bonchev–Trinajstić information content (AvgIpc) is 2.62. The first kappa shape index (κ1) is 18.7. The Morgan fingerprint density at radius 1 is 1.08 bits per heavy atom. The van der Waals surface area contributed by atoms with Crippen LogP contribution in [0.25, 0.3) is 11.1 Å². The molecular formula is C19H18ClF3N2O. The van der Waals surface area contributed by atoms with Crippen LogP contribution in [-0.2, 0) is 11.0 Å². The second kappa shape index (κ2) is 7.68. The summed E-state index contributed by atoms with van der Waals surface area (Å²) in [7, 11) is 0. The van der Waals surface area contributed by atoms with E-state index in [9.17, 15) is 18.0 Å². The van der Waals surface area contributed by atoms with Crippen LogP contribution in [0.15, 0.2) is 42.5 Å². The molecule has 2 aromatic carbocycles. The summed E-state index contributed by atoms with van der Waals surface area (Å²) >= 11 is 6.06. The lowest BCUT2D eigenvalue weighted by Crippen LogP contribution is -2.34. The molecule has 0 aliphatic carbocycles. The minimum Gasteiger partial charge on any atom is -0.326 e. The van der Waals surface area contributed by atoms with E-state index in [1.807, 2.05) is 0 Å². The fourth-order valence-electron chi connectivity index (χ4n) is 2.98. The summed E-state index contributed by atoms with van der Waals surface area (Å²) < 4.78 is 38.7. The molecule has 1 aliphatic rings. The highest BCUT2D eigenvalue weighted by Crippen LogP contribution is 2.36. The maximum absolute atomic E-state index is 12.9. The molecule has 138 valence electrons. The SMILES string of the molecule is O=C(Nc1ccc(-c2cc(C(F)(F)F)ccc2Cl)cc1)C1CCNCC1. The smallest absolute Gasteiger partial charge is 0.326 e. The molecule has 2 N–H and O–H groups in total. The number of rotatable bonds is 3. The molecule has 26 heavy (non-hydrogen) atoms. The van der Waals surface area contributed by atoms with Gasteiger partial charge in [0.1, 0.15) is 0 Å². The van der Waals surface area contributed by atoms with E-state index in [1.54, 1.807) is 24.3 Å². The maximum Gasteiger partial charge on any atom is 0.416 e. The molecule has 0 bridgehead atoms. The first-order valence-corrected chi connectivity index (χ1v) is 8.71. The zero-order valence-electron chi connectivity index (χ0n) is 13.9. The van der Waals surface area contributed by atoms with Crippen molar-refractivity contribution in [3.8, 4) is 11.1 Å². The highest BCUT2D eigenvalue weighted by Gasteiger charge is 2.31. The van der Waals surface area contributed by atoms with Crippen LogP contribution in [0, 0.1) is 5.92 Å². The van der Waals surface area contributed by atoms with Crippen molar-refractivity contribution in [2.24, 2.45) is 5.92 Å². The topological polar surface area (TPSA) is 41.1 Å². The number of anilines is 1. The molecule has 0 unspecified atom stereocenters. The third-order valence-electron chi connectivity index (χ3n) is 4.47. The number of hydrogen-bond donors (Lipinski definition) is 2. The second-order valence-corrected chi connectivity index (χ2v) is 6.69. The number of amides is 1. The van der Waals surface area contributed by atoms with Gasteiger partial charge in [-0.25, -0.2) is 0 Å². The molecule has 7 heteroatoms. The van der Waals surface area contributed by atoms with Gasteiger partial charge in [0.2, 0.25) is 5.91 Å². The van der Waals surface area contributed by atoms with Gasteiger partial charge in [-0.1, -0.05) is 23.7 Å². The van der Waals surface area contributed by atoms with E-state index in [1.165, 1.54) is 6.07 Å². The summed E-state index contributed by atoms with van der Waals surface area (Å²) in [5, 5.41) is 6.31. The van der Waals surface area contributed by atoms with Crippen LogP contribution in [0.2, 0.25) is 5.02 Å². The van der Waals surface area contributed by atoms with Crippen LogP contribution in [-0.4, -0.2) is 19.0 Å². The minimum atomic E-state index is -4.43. The lowest BCUT2D eigenvalue weighted by atomic mass is 9.97. The van der Waals surface area contributed by atoms with Crippen LogP contribution in [0.1, 0.15) is 18.4 Å². The van der Waals surface area contributed by atoms with E-state index in [0.717, 1.165) is 38.1 Å². The number of carbonyl (C=O) groups is 1. The molecule has 3 rings (SSSR count). The van der Waals surface area contributed by atoms with Gasteiger partial charge < -0.3 is 10.6 Å². The molecule has 1 fully saturated rings. The molecule has 1 amide bonds. The molecule has 0 spiro atoms. The van der Waals surface area contributed by atoms with Crippen molar-refractivity contribution >= 4 is 23.2 Å². The summed E-state index contributed by atoms with van der Waals surface area (Å²) in [6.45, 7) is 1.65. The van der Waals surface area contributed by atoms with E-state index in [-0.39, 0.29) is 16.8 Å². The number of carbonyl (C=O) groups excluding carboxylic acids is 1. The molecule has 0 radical (unpaired) electrons. The zero-order valence-corrected chi connectivity index (χ0v) is 14.6. The van der Waals surface area contributed by atoms with E-state index in [2.05, 4.69) is 10.6 Å². The Hall–Kier alpha value is -2.05. The zero-order chi connectivity index (χ0) is 18.7. The molecule has 1 heterocycles. The van der Waals surface area contributed by atoms with Crippen molar-refractivity contribution in [3.05, 3.63) is 53.1 Å². The maximum atomic E-state index is 12.9. The lowest BCUT2D eigenvalue weighted by molar-refractivity contribution is -0.137. The predicted octanol–water partition coefficient (Wildman–Crippen LogP) is 4.96. The van der Waals surface area contributed by atoms with Crippen molar-refractivity contribution in [2.75, 3.05) is 18.4 Å². The average molecular weight is 383 g/mol. The highest BCUT2D eigenvalue weighted by atomic mass is 35.5. The standard InChI is InChI=1S/C19H18ClF3N2O/c20-17-6-3-14(19(21,22)23)11-16(17)12-1-4-15(5-2-12)25-18(26)13-7-9-24-10-8-13/h1-6,11,13,24H,7-10H2,(H,25,26). The number of alkyl halides is 3. The van der Waals surface area contributed by atoms with Crippen molar-refractivity contribution in [2.45, 2.75) is 19.0 Å². The van der Waals surface area contributed by atoms with Crippen LogP contribution in [0.3, 0.4) is 0 Å². The van der Waals surface area contributed by atoms with Crippen LogP contribution >= 0.6 is 11.6 Å². The van der Waals surface area contributed by atoms with Crippen LogP contribution in [0.5, 0.6) is 0 Å². The molecule has 3 nitrogen and oxygen atoms in total. The second-order valence-electron chi connectivity index (χ2n) is 6.28. The van der Waals surface area contributed by atoms with Crippen molar-refractivity contribution in [1.29, 1.82) is 0 Å². The lowest BCUT2D eigenvalue weighted by Gasteiger charge is -2.21. The summed E-state index contributed by atoms with van der Waals surface area (Å²) in [5.41, 5.74) is 0.722. The van der Waals surface area contributed by atoms with Gasteiger partial charge in [0.25, 0.3) is 0 Å². The van der Waals surface area contributed by atoms with Crippen molar-refractivity contribution in [3.63, 3.8) is 0 Å². The molecule has 0 saturated carbocycles. The fourth-order valence-corrected chi connectivity index (χ4v) is 3.21. The highest BCUT2D eigenvalue weighted by molar-refractivity contribution is 6.33. The van der Waals surface area contributed by atoms with Crippen LogP contribution < -0.4 is 10.6 Å². The van der Waals surface area contributed by atoms with Gasteiger partial charge >= 0.3 is 6.18 Å². The summed E-state index contributed by atoms with van der Waals surface area (Å²) in [6.07, 6.45) is -2.84. The quantitative estimate of drug-likeness (QED) is 0.787. The third kappa shape index (κ3) is 4.37. The van der Waals surface area contributed by atoms with Crippen LogP contribution in [0.4, 0.5) is 18.9 Å². The molecule has 1 aliphatic heterocycles. The predicted molar refractivity (Wildman–Crippen MR) is 96.1 cm³/mol. The Kier molecular flexibility index (Phi) is 5.53. The Morgan fingerprint density at radius 3 is 2.35 bits per heavy atom. The Bertz CT molecular complexity index is 784. The first-order chi connectivity index (χ1) is 12.3. The molecular weight excluding hydrogens is 365 g/mol. The van der Waals surface area contributed by atoms with Crippen molar-refractivity contribution in [1.82, 2.24) is 5.32 Å². The largest absolute Gasteiger partial charge is 0.416 e. The fraction of sp³-hybridized carbons (Fsp3) is 0.316. The first-order valence-electron chi connectivity index (χ1n) is 8.33. The number of benzene rings is 2. The van der Waals surface area contributed by atoms with Gasteiger partial charge in [-0.3, -0.25) is 4.79 Å². The molecule has 0 aromatic heterocycles. The Morgan fingerprint density at radius 2 is 1.73 bits per heavy atom. The van der Waals surface area contributed by atoms with E-state index < -0.39 is 11.7 Å². The molecule has 1 saturated heterocycles. The van der Waals surface area contributed by atoms with E-state index in [0.29, 0.717) is 16.8 Å². The van der Waals surface area contributed by atoms with Gasteiger partial charge in [0.05, 0.1) is 5.56 Å². The van der Waals surface area contributed by atoms with Gasteiger partial charge in [-0.15, -0.1) is 0 Å². The van der Waals surface area contributed by atoms with E-state index >= 15 is 0 Å². The number of piperidine rings is 1. The molecule has 2 aromatic rings. The third-order valence-corrected chi connectivity index (χ3v) is 4.80. The van der Waals surface area contributed by atoms with Gasteiger partial charge in [0.15, 0.2) is 0 Å². The Balaban J connectivity index is 1.76. The minimum absolute atomic E-state index is 0.0196.